The number of Topliss-reactive ketones (excluding diaryl/α,β-unsaturated/α-hetero) is 2. The SMILES string of the molecule is CC.CC.CC(C)(C)N[C@@H](Cc1c[nH]c2ccccc12)C(=O)C(C)(C)C.CC(C)(C)N[C@H](Cc1c[nH]c2ccccc12)C(=O)C(C)(C)C. The van der Waals surface area contributed by atoms with Crippen molar-refractivity contribution < 1.29 is 9.59 Å². The van der Waals surface area contributed by atoms with Crippen molar-refractivity contribution in [2.45, 2.75) is 147 Å². The van der Waals surface area contributed by atoms with Gasteiger partial charge in [-0.1, -0.05) is 106 Å². The molecule has 0 aliphatic carbocycles. The van der Waals surface area contributed by atoms with E-state index in [1.807, 2.05) is 106 Å². The van der Waals surface area contributed by atoms with Crippen LogP contribution in [-0.2, 0) is 22.4 Å². The van der Waals surface area contributed by atoms with Crippen LogP contribution in [0.15, 0.2) is 60.9 Å². The molecule has 0 aliphatic rings. The van der Waals surface area contributed by atoms with Crippen LogP contribution in [0.1, 0.15) is 122 Å². The number of H-pyrrole nitrogens is 2. The Balaban J connectivity index is 0.000000435. The summed E-state index contributed by atoms with van der Waals surface area (Å²) >= 11 is 0. The molecule has 6 heteroatoms. The van der Waals surface area contributed by atoms with Gasteiger partial charge in [-0.05, 0) is 77.6 Å². The molecular formula is C42H68N4O2. The van der Waals surface area contributed by atoms with Crippen molar-refractivity contribution in [1.29, 1.82) is 0 Å². The van der Waals surface area contributed by atoms with Crippen molar-refractivity contribution in [2.24, 2.45) is 10.8 Å². The van der Waals surface area contributed by atoms with Crippen LogP contribution in [0.3, 0.4) is 0 Å². The van der Waals surface area contributed by atoms with E-state index in [2.05, 4.69) is 86.4 Å². The molecule has 2 heterocycles. The molecule has 4 aromatic rings. The van der Waals surface area contributed by atoms with Crippen LogP contribution in [-0.4, -0.2) is 44.7 Å². The lowest BCUT2D eigenvalue weighted by atomic mass is 9.83. The summed E-state index contributed by atoms with van der Waals surface area (Å²) in [5.41, 5.74) is 3.72. The highest BCUT2D eigenvalue weighted by molar-refractivity contribution is 5.91. The summed E-state index contributed by atoms with van der Waals surface area (Å²) in [6.45, 7) is 32.5. The number of carbonyl (C=O) groups excluding carboxylic acids is 2. The van der Waals surface area contributed by atoms with Gasteiger partial charge in [-0.25, -0.2) is 0 Å². The lowest BCUT2D eigenvalue weighted by Crippen LogP contribution is -2.51. The molecule has 0 saturated heterocycles. The third-order valence-electron chi connectivity index (χ3n) is 7.52. The minimum Gasteiger partial charge on any atom is -0.361 e. The molecule has 4 N–H and O–H groups in total. The number of carbonyl (C=O) groups is 2. The zero-order chi connectivity index (χ0) is 37.1. The second-order valence-electron chi connectivity index (χ2n) is 16.2. The first-order chi connectivity index (χ1) is 22.2. The largest absolute Gasteiger partial charge is 0.361 e. The average molecular weight is 661 g/mol. The number of nitrogens with one attached hydrogen (secondary N) is 4. The highest BCUT2D eigenvalue weighted by Crippen LogP contribution is 2.26. The Hall–Kier alpha value is -3.22. The van der Waals surface area contributed by atoms with Crippen LogP contribution in [0.25, 0.3) is 21.8 Å². The predicted molar refractivity (Wildman–Crippen MR) is 209 cm³/mol. The number of aromatic nitrogens is 2. The van der Waals surface area contributed by atoms with Gasteiger partial charge in [0.1, 0.15) is 0 Å². The molecule has 0 unspecified atom stereocenters. The monoisotopic (exact) mass is 661 g/mol. The van der Waals surface area contributed by atoms with Gasteiger partial charge >= 0.3 is 0 Å². The second kappa shape index (κ2) is 18.0. The number of para-hydroxylation sites is 2. The zero-order valence-electron chi connectivity index (χ0n) is 33.2. The Morgan fingerprint density at radius 2 is 0.833 bits per heavy atom. The molecule has 2 atom stereocenters. The van der Waals surface area contributed by atoms with Crippen LogP contribution in [0.4, 0.5) is 0 Å². The average Bonchev–Trinajstić information content (AvgIpc) is 3.60. The topological polar surface area (TPSA) is 89.8 Å². The summed E-state index contributed by atoms with van der Waals surface area (Å²) in [6.07, 6.45) is 5.46. The first kappa shape index (κ1) is 42.8. The van der Waals surface area contributed by atoms with E-state index in [1.54, 1.807) is 0 Å². The molecule has 6 nitrogen and oxygen atoms in total. The van der Waals surface area contributed by atoms with Gasteiger partial charge in [0, 0.05) is 56.1 Å². The number of aromatic amines is 2. The molecule has 2 aromatic carbocycles. The molecule has 48 heavy (non-hydrogen) atoms. The summed E-state index contributed by atoms with van der Waals surface area (Å²) < 4.78 is 0. The van der Waals surface area contributed by atoms with E-state index in [1.165, 1.54) is 21.9 Å². The van der Waals surface area contributed by atoms with Crippen LogP contribution in [0.2, 0.25) is 0 Å². The van der Waals surface area contributed by atoms with Gasteiger partial charge in [-0.15, -0.1) is 0 Å². The van der Waals surface area contributed by atoms with Crippen molar-refractivity contribution >= 4 is 33.4 Å². The molecule has 0 saturated carbocycles. The van der Waals surface area contributed by atoms with E-state index in [0.717, 1.165) is 11.0 Å². The lowest BCUT2D eigenvalue weighted by Gasteiger charge is -2.31. The predicted octanol–water partition coefficient (Wildman–Crippen LogP) is 10.2. The Morgan fingerprint density at radius 1 is 0.542 bits per heavy atom. The summed E-state index contributed by atoms with van der Waals surface area (Å²) in [7, 11) is 0. The fraction of sp³-hybridized carbons (Fsp3) is 0.571. The maximum atomic E-state index is 12.8. The molecule has 0 radical (unpaired) electrons. The molecule has 0 amide bonds. The smallest absolute Gasteiger partial charge is 0.155 e. The standard InChI is InChI=1S/2C19H28N2O.2C2H6/c2*1-18(2,3)17(22)16(21-19(4,5)6)11-13-12-20-15-10-8-7-9-14(13)15;2*1-2/h2*7-10,12,16,20-21H,11H2,1-6H3;2*1-2H3/t2*16-;;/m10../s1. The Kier molecular flexibility index (Phi) is 16.0. The first-order valence-corrected chi connectivity index (χ1v) is 17.9. The van der Waals surface area contributed by atoms with Crippen LogP contribution in [0.5, 0.6) is 0 Å². The van der Waals surface area contributed by atoms with Gasteiger partial charge in [0.25, 0.3) is 0 Å². The summed E-state index contributed by atoms with van der Waals surface area (Å²) in [6, 6.07) is 16.1. The number of fused-ring (bicyclic) bond motifs is 2. The normalized spacial score (nSPS) is 13.3. The number of hydrogen-bond donors (Lipinski definition) is 4. The highest BCUT2D eigenvalue weighted by atomic mass is 16.1. The van der Waals surface area contributed by atoms with E-state index in [4.69, 9.17) is 0 Å². The van der Waals surface area contributed by atoms with E-state index in [-0.39, 0.29) is 45.6 Å². The molecular weight excluding hydrogens is 592 g/mol. The summed E-state index contributed by atoms with van der Waals surface area (Å²) in [5, 5.41) is 9.40. The summed E-state index contributed by atoms with van der Waals surface area (Å²) in [5.74, 6) is 0.514. The van der Waals surface area contributed by atoms with Crippen molar-refractivity contribution in [2.75, 3.05) is 0 Å². The maximum absolute atomic E-state index is 12.8. The van der Waals surface area contributed by atoms with Crippen molar-refractivity contribution in [3.05, 3.63) is 72.1 Å². The number of ketones is 2. The Bertz CT molecular complexity index is 1430. The molecule has 0 spiro atoms. The highest BCUT2D eigenvalue weighted by Gasteiger charge is 2.33. The Labute approximate surface area is 292 Å². The van der Waals surface area contributed by atoms with E-state index >= 15 is 0 Å². The second-order valence-corrected chi connectivity index (χ2v) is 16.2. The van der Waals surface area contributed by atoms with Crippen molar-refractivity contribution in [3.8, 4) is 0 Å². The van der Waals surface area contributed by atoms with Crippen LogP contribution in [0, 0.1) is 10.8 Å². The lowest BCUT2D eigenvalue weighted by molar-refractivity contribution is -0.129. The quantitative estimate of drug-likeness (QED) is 0.151. The third-order valence-corrected chi connectivity index (χ3v) is 7.52. The first-order valence-electron chi connectivity index (χ1n) is 17.9. The van der Waals surface area contributed by atoms with E-state index in [0.29, 0.717) is 12.8 Å². The third kappa shape index (κ3) is 13.4. The van der Waals surface area contributed by atoms with Crippen molar-refractivity contribution in [3.63, 3.8) is 0 Å². The maximum Gasteiger partial charge on any atom is 0.155 e. The molecule has 4 rings (SSSR count). The van der Waals surface area contributed by atoms with E-state index < -0.39 is 0 Å². The number of benzene rings is 2. The minimum absolute atomic E-state index is 0.0995. The molecule has 0 aliphatic heterocycles. The molecule has 2 aromatic heterocycles. The number of hydrogen-bond acceptors (Lipinski definition) is 4. The van der Waals surface area contributed by atoms with E-state index in [9.17, 15) is 9.59 Å². The van der Waals surface area contributed by atoms with Gasteiger partial charge in [0.2, 0.25) is 0 Å². The minimum atomic E-state index is -0.352. The molecule has 268 valence electrons. The van der Waals surface area contributed by atoms with Crippen LogP contribution < -0.4 is 10.6 Å². The van der Waals surface area contributed by atoms with Gasteiger partial charge in [-0.2, -0.15) is 0 Å². The van der Waals surface area contributed by atoms with Gasteiger partial charge in [0.15, 0.2) is 11.6 Å². The molecule has 0 fully saturated rings. The fourth-order valence-corrected chi connectivity index (χ4v) is 5.55. The number of rotatable bonds is 8. The van der Waals surface area contributed by atoms with Gasteiger partial charge in [0.05, 0.1) is 12.1 Å². The summed E-state index contributed by atoms with van der Waals surface area (Å²) in [4.78, 5) is 32.3. The fourth-order valence-electron chi connectivity index (χ4n) is 5.55. The van der Waals surface area contributed by atoms with Gasteiger partial charge < -0.3 is 20.6 Å². The zero-order valence-corrected chi connectivity index (χ0v) is 33.2. The Morgan fingerprint density at radius 3 is 1.10 bits per heavy atom. The van der Waals surface area contributed by atoms with Gasteiger partial charge in [-0.3, -0.25) is 9.59 Å². The van der Waals surface area contributed by atoms with Crippen LogP contribution >= 0.6 is 0 Å². The molecule has 0 bridgehead atoms. The van der Waals surface area contributed by atoms with Crippen molar-refractivity contribution in [1.82, 2.24) is 20.6 Å².